The maximum Gasteiger partial charge on any atom is 0.134 e. The van der Waals surface area contributed by atoms with E-state index in [4.69, 9.17) is 5.73 Å². The lowest BCUT2D eigenvalue weighted by Crippen LogP contribution is -2.23. The summed E-state index contributed by atoms with van der Waals surface area (Å²) in [7, 11) is 0. The van der Waals surface area contributed by atoms with Gasteiger partial charge < -0.3 is 10.6 Å². The van der Waals surface area contributed by atoms with Gasteiger partial charge in [-0.1, -0.05) is 19.9 Å². The van der Waals surface area contributed by atoms with Crippen LogP contribution in [0.25, 0.3) is 10.9 Å². The number of anilines is 2. The van der Waals surface area contributed by atoms with Crippen molar-refractivity contribution in [3.63, 3.8) is 0 Å². The van der Waals surface area contributed by atoms with Gasteiger partial charge in [0.2, 0.25) is 0 Å². The van der Waals surface area contributed by atoms with Gasteiger partial charge in [0.25, 0.3) is 0 Å². The molecule has 1 aromatic carbocycles. The minimum atomic E-state index is -0.282. The predicted molar refractivity (Wildman–Crippen MR) is 81.5 cm³/mol. The average molecular weight is 273 g/mol. The Kier molecular flexibility index (Phi) is 3.24. The molecule has 0 fully saturated rings. The summed E-state index contributed by atoms with van der Waals surface area (Å²) in [6.07, 6.45) is 1.98. The van der Waals surface area contributed by atoms with Crippen molar-refractivity contribution in [3.8, 4) is 0 Å². The zero-order valence-corrected chi connectivity index (χ0v) is 12.0. The van der Waals surface area contributed by atoms with Gasteiger partial charge in [-0.2, -0.15) is 0 Å². The molecule has 0 atom stereocenters. The third kappa shape index (κ3) is 2.09. The van der Waals surface area contributed by atoms with Crippen molar-refractivity contribution in [3.05, 3.63) is 29.6 Å². The summed E-state index contributed by atoms with van der Waals surface area (Å²) in [6, 6.07) is 4.95. The fourth-order valence-corrected chi connectivity index (χ4v) is 2.82. The van der Waals surface area contributed by atoms with Gasteiger partial charge in [0.1, 0.15) is 11.6 Å². The predicted octanol–water partition coefficient (Wildman–Crippen LogP) is 3.36. The lowest BCUT2D eigenvalue weighted by Gasteiger charge is -2.20. The van der Waals surface area contributed by atoms with E-state index in [1.54, 1.807) is 6.07 Å². The lowest BCUT2D eigenvalue weighted by molar-refractivity contribution is 0.577. The van der Waals surface area contributed by atoms with E-state index < -0.39 is 0 Å². The number of fused-ring (bicyclic) bond motifs is 2. The maximum absolute atomic E-state index is 13.9. The summed E-state index contributed by atoms with van der Waals surface area (Å²) >= 11 is 0. The molecular formula is C16H20FN3. The molecule has 0 amide bonds. The fourth-order valence-electron chi connectivity index (χ4n) is 2.82. The molecule has 1 aromatic heterocycles. The molecule has 0 unspecified atom stereocenters. The third-order valence-corrected chi connectivity index (χ3v) is 3.99. The van der Waals surface area contributed by atoms with Crippen LogP contribution in [0.2, 0.25) is 0 Å². The fraction of sp³-hybridized carbons (Fsp3) is 0.438. The van der Waals surface area contributed by atoms with Crippen LogP contribution in [0.1, 0.15) is 25.8 Å². The van der Waals surface area contributed by atoms with Gasteiger partial charge in [-0.05, 0) is 30.9 Å². The van der Waals surface area contributed by atoms with Gasteiger partial charge >= 0.3 is 0 Å². The molecule has 2 aromatic rings. The van der Waals surface area contributed by atoms with Crippen LogP contribution in [0.4, 0.5) is 15.9 Å². The Morgan fingerprint density at radius 2 is 2.20 bits per heavy atom. The number of benzene rings is 1. The monoisotopic (exact) mass is 273 g/mol. The lowest BCUT2D eigenvalue weighted by atomic mass is 10.1. The number of nitrogens with zero attached hydrogens (tertiary/aromatic N) is 2. The summed E-state index contributed by atoms with van der Waals surface area (Å²) in [4.78, 5) is 6.92. The Morgan fingerprint density at radius 3 is 2.95 bits per heavy atom. The zero-order valence-electron chi connectivity index (χ0n) is 12.0. The Morgan fingerprint density at radius 1 is 1.40 bits per heavy atom. The van der Waals surface area contributed by atoms with E-state index in [2.05, 4.69) is 23.7 Å². The van der Waals surface area contributed by atoms with Gasteiger partial charge in [0, 0.05) is 18.7 Å². The maximum atomic E-state index is 13.9. The second-order valence-electron chi connectivity index (χ2n) is 5.88. The minimum absolute atomic E-state index is 0.282. The van der Waals surface area contributed by atoms with Crippen molar-refractivity contribution in [2.75, 3.05) is 23.7 Å². The standard InChI is InChI=1S/C16H20FN3/c1-10(2)6-8-20-9-7-11-15(18)14-12(17)4-3-5-13(14)19-16(11)20/h3-5,10H,6-9H2,1-2H3,(H2,18,19). The second-order valence-corrected chi connectivity index (χ2v) is 5.88. The van der Waals surface area contributed by atoms with Crippen molar-refractivity contribution in [2.45, 2.75) is 26.7 Å². The van der Waals surface area contributed by atoms with Gasteiger partial charge in [-0.15, -0.1) is 0 Å². The Balaban J connectivity index is 2.06. The number of pyridine rings is 1. The largest absolute Gasteiger partial charge is 0.398 e. The Hall–Kier alpha value is -1.84. The van der Waals surface area contributed by atoms with Crippen LogP contribution < -0.4 is 10.6 Å². The summed E-state index contributed by atoms with van der Waals surface area (Å²) in [5.74, 6) is 1.33. The van der Waals surface area contributed by atoms with Crippen LogP contribution in [0.5, 0.6) is 0 Å². The molecule has 0 saturated heterocycles. The SMILES string of the molecule is CC(C)CCN1CCc2c1nc1cccc(F)c1c2N. The van der Waals surface area contributed by atoms with E-state index in [0.29, 0.717) is 22.5 Å². The highest BCUT2D eigenvalue weighted by atomic mass is 19.1. The third-order valence-electron chi connectivity index (χ3n) is 3.99. The number of nitrogen functional groups attached to an aromatic ring is 1. The van der Waals surface area contributed by atoms with Gasteiger partial charge in [-0.25, -0.2) is 9.37 Å². The van der Waals surface area contributed by atoms with Crippen LogP contribution in [0, 0.1) is 11.7 Å². The van der Waals surface area contributed by atoms with Crippen molar-refractivity contribution in [1.82, 2.24) is 4.98 Å². The summed E-state index contributed by atoms with van der Waals surface area (Å²) in [5.41, 5.74) is 8.40. The molecule has 2 heterocycles. The zero-order chi connectivity index (χ0) is 14.3. The molecule has 1 aliphatic heterocycles. The molecule has 0 saturated carbocycles. The number of aromatic nitrogens is 1. The summed E-state index contributed by atoms with van der Waals surface area (Å²) in [6.45, 7) is 6.35. The molecule has 0 spiro atoms. The van der Waals surface area contributed by atoms with E-state index in [1.807, 2.05) is 6.07 Å². The molecule has 1 aliphatic rings. The van der Waals surface area contributed by atoms with E-state index in [-0.39, 0.29) is 5.82 Å². The Labute approximate surface area is 118 Å². The van der Waals surface area contributed by atoms with Gasteiger partial charge in [0.05, 0.1) is 16.6 Å². The van der Waals surface area contributed by atoms with E-state index in [1.165, 1.54) is 6.07 Å². The van der Waals surface area contributed by atoms with Crippen molar-refractivity contribution in [1.29, 1.82) is 0 Å². The molecule has 4 heteroatoms. The first-order valence-corrected chi connectivity index (χ1v) is 7.19. The van der Waals surface area contributed by atoms with Crippen molar-refractivity contribution in [2.24, 2.45) is 5.92 Å². The summed E-state index contributed by atoms with van der Waals surface area (Å²) in [5, 5.41) is 0.469. The van der Waals surface area contributed by atoms with Crippen LogP contribution >= 0.6 is 0 Å². The number of hydrogen-bond donors (Lipinski definition) is 1. The molecule has 3 nitrogen and oxygen atoms in total. The smallest absolute Gasteiger partial charge is 0.134 e. The molecule has 3 rings (SSSR count). The number of rotatable bonds is 3. The first-order chi connectivity index (χ1) is 9.58. The van der Waals surface area contributed by atoms with E-state index in [9.17, 15) is 4.39 Å². The molecule has 106 valence electrons. The first-order valence-electron chi connectivity index (χ1n) is 7.19. The highest BCUT2D eigenvalue weighted by molar-refractivity contribution is 5.95. The quantitative estimate of drug-likeness (QED) is 0.932. The average Bonchev–Trinajstić information content (AvgIpc) is 2.80. The van der Waals surface area contributed by atoms with Crippen LogP contribution in [0.3, 0.4) is 0 Å². The molecule has 0 bridgehead atoms. The molecule has 20 heavy (non-hydrogen) atoms. The number of nitrogens with two attached hydrogens (primary N) is 1. The normalized spacial score (nSPS) is 14.3. The number of hydrogen-bond acceptors (Lipinski definition) is 3. The minimum Gasteiger partial charge on any atom is -0.398 e. The van der Waals surface area contributed by atoms with Crippen molar-refractivity contribution < 1.29 is 4.39 Å². The van der Waals surface area contributed by atoms with Gasteiger partial charge in [0.15, 0.2) is 0 Å². The second kappa shape index (κ2) is 4.93. The van der Waals surface area contributed by atoms with E-state index >= 15 is 0 Å². The first kappa shape index (κ1) is 13.2. The van der Waals surface area contributed by atoms with Crippen LogP contribution in [0.15, 0.2) is 18.2 Å². The highest BCUT2D eigenvalue weighted by Crippen LogP contribution is 2.36. The highest BCUT2D eigenvalue weighted by Gasteiger charge is 2.25. The molecule has 0 radical (unpaired) electrons. The Bertz CT molecular complexity index is 652. The molecule has 2 N–H and O–H groups in total. The van der Waals surface area contributed by atoms with Crippen molar-refractivity contribution >= 4 is 22.4 Å². The topological polar surface area (TPSA) is 42.2 Å². The summed E-state index contributed by atoms with van der Waals surface area (Å²) < 4.78 is 13.9. The molecular weight excluding hydrogens is 253 g/mol. The molecule has 0 aliphatic carbocycles. The van der Waals surface area contributed by atoms with E-state index in [0.717, 1.165) is 37.3 Å². The van der Waals surface area contributed by atoms with Crippen LogP contribution in [-0.4, -0.2) is 18.1 Å². The number of halogens is 1. The van der Waals surface area contributed by atoms with Crippen LogP contribution in [-0.2, 0) is 6.42 Å². The van der Waals surface area contributed by atoms with Gasteiger partial charge in [-0.3, -0.25) is 0 Å².